The molecule has 1 aliphatic rings. The van der Waals surface area contributed by atoms with Crippen LogP contribution < -0.4 is 11.3 Å². The molecule has 0 aromatic carbocycles. The molecule has 0 amide bonds. The van der Waals surface area contributed by atoms with E-state index in [2.05, 4.69) is 23.4 Å². The molecule has 1 fully saturated rings. The summed E-state index contributed by atoms with van der Waals surface area (Å²) in [5, 5.41) is 0. The van der Waals surface area contributed by atoms with Crippen LogP contribution in [-0.4, -0.2) is 4.98 Å². The van der Waals surface area contributed by atoms with Gasteiger partial charge < -0.3 is 0 Å². The van der Waals surface area contributed by atoms with Gasteiger partial charge in [0, 0.05) is 18.4 Å². The lowest BCUT2D eigenvalue weighted by Gasteiger charge is -2.16. The van der Waals surface area contributed by atoms with E-state index < -0.39 is 0 Å². The van der Waals surface area contributed by atoms with Crippen LogP contribution in [0.5, 0.6) is 0 Å². The lowest BCUT2D eigenvalue weighted by molar-refractivity contribution is 0.480. The van der Waals surface area contributed by atoms with E-state index in [-0.39, 0.29) is 6.04 Å². The Morgan fingerprint density at radius 3 is 2.93 bits per heavy atom. The van der Waals surface area contributed by atoms with Gasteiger partial charge in [-0.05, 0) is 36.8 Å². The summed E-state index contributed by atoms with van der Waals surface area (Å²) in [4.78, 5) is 4.20. The molecule has 1 atom stereocenters. The van der Waals surface area contributed by atoms with E-state index in [1.807, 2.05) is 12.4 Å². The second-order valence-electron chi connectivity index (χ2n) is 4.54. The Balaban J connectivity index is 1.97. The fraction of sp³-hybridized carbons (Fsp3) is 0.583. The molecule has 3 N–H and O–H groups in total. The molecule has 0 aliphatic heterocycles. The molecule has 1 saturated carbocycles. The molecule has 3 nitrogen and oxygen atoms in total. The first-order valence-electron chi connectivity index (χ1n) is 5.67. The fourth-order valence-electron chi connectivity index (χ4n) is 1.92. The summed E-state index contributed by atoms with van der Waals surface area (Å²) in [6.45, 7) is 2.06. The van der Waals surface area contributed by atoms with Crippen molar-refractivity contribution < 1.29 is 0 Å². The predicted octanol–water partition coefficient (Wildman–Crippen LogP) is 2.08. The second kappa shape index (κ2) is 4.73. The van der Waals surface area contributed by atoms with Gasteiger partial charge in [-0.1, -0.05) is 18.9 Å². The Bertz CT molecular complexity index is 320. The lowest BCUT2D eigenvalue weighted by atomic mass is 10.0. The van der Waals surface area contributed by atoms with Gasteiger partial charge in [-0.15, -0.1) is 0 Å². The molecule has 15 heavy (non-hydrogen) atoms. The zero-order valence-corrected chi connectivity index (χ0v) is 9.24. The Labute approximate surface area is 91.1 Å². The van der Waals surface area contributed by atoms with E-state index in [1.54, 1.807) is 0 Å². The average Bonchev–Trinajstić information content (AvgIpc) is 3.03. The quantitative estimate of drug-likeness (QED) is 0.571. The first-order chi connectivity index (χ1) is 7.29. The van der Waals surface area contributed by atoms with E-state index in [4.69, 9.17) is 5.84 Å². The van der Waals surface area contributed by atoms with Crippen molar-refractivity contribution in [3.05, 3.63) is 29.6 Å². The van der Waals surface area contributed by atoms with Crippen molar-refractivity contribution in [3.8, 4) is 0 Å². The largest absolute Gasteiger partial charge is 0.271 e. The molecule has 1 aromatic heterocycles. The van der Waals surface area contributed by atoms with Gasteiger partial charge in [-0.3, -0.25) is 16.3 Å². The monoisotopic (exact) mass is 205 g/mol. The fourth-order valence-corrected chi connectivity index (χ4v) is 1.92. The van der Waals surface area contributed by atoms with Crippen molar-refractivity contribution in [2.24, 2.45) is 11.8 Å². The van der Waals surface area contributed by atoms with Crippen LogP contribution in [0.2, 0.25) is 0 Å². The van der Waals surface area contributed by atoms with E-state index in [0.29, 0.717) is 0 Å². The molecule has 0 saturated heterocycles. The standard InChI is InChI=1S/C12H19N3/c1-9-6-11(8-14-7-9)12(15-13)5-4-10-2-3-10/h6-8,10,12,15H,2-5,13H2,1H3. The summed E-state index contributed by atoms with van der Waals surface area (Å²) < 4.78 is 0. The van der Waals surface area contributed by atoms with Gasteiger partial charge in [0.1, 0.15) is 0 Å². The van der Waals surface area contributed by atoms with Gasteiger partial charge in [0.2, 0.25) is 0 Å². The summed E-state index contributed by atoms with van der Waals surface area (Å²) in [7, 11) is 0. The summed E-state index contributed by atoms with van der Waals surface area (Å²) in [6, 6.07) is 2.42. The van der Waals surface area contributed by atoms with Crippen molar-refractivity contribution in [1.82, 2.24) is 10.4 Å². The van der Waals surface area contributed by atoms with Gasteiger partial charge in [0.25, 0.3) is 0 Å². The van der Waals surface area contributed by atoms with Crippen LogP contribution in [0.1, 0.15) is 42.9 Å². The average molecular weight is 205 g/mol. The molecule has 1 aliphatic carbocycles. The highest BCUT2D eigenvalue weighted by Crippen LogP contribution is 2.35. The summed E-state index contributed by atoms with van der Waals surface area (Å²) in [5.74, 6) is 6.54. The van der Waals surface area contributed by atoms with Crippen LogP contribution in [0.4, 0.5) is 0 Å². The SMILES string of the molecule is Cc1cncc(C(CCC2CC2)NN)c1. The molecule has 3 heteroatoms. The first-order valence-corrected chi connectivity index (χ1v) is 5.67. The maximum atomic E-state index is 5.58. The van der Waals surface area contributed by atoms with Crippen LogP contribution in [0.15, 0.2) is 18.5 Å². The number of nitrogens with two attached hydrogens (primary N) is 1. The molecule has 0 spiro atoms. The van der Waals surface area contributed by atoms with E-state index in [1.165, 1.54) is 30.4 Å². The minimum Gasteiger partial charge on any atom is -0.271 e. The zero-order valence-electron chi connectivity index (χ0n) is 9.24. The van der Waals surface area contributed by atoms with Crippen LogP contribution in [-0.2, 0) is 0 Å². The van der Waals surface area contributed by atoms with Crippen molar-refractivity contribution >= 4 is 0 Å². The summed E-state index contributed by atoms with van der Waals surface area (Å²) >= 11 is 0. The first kappa shape index (κ1) is 10.6. The highest BCUT2D eigenvalue weighted by molar-refractivity contribution is 5.19. The minimum atomic E-state index is 0.262. The van der Waals surface area contributed by atoms with Crippen LogP contribution in [0.25, 0.3) is 0 Å². The molecule has 1 aromatic rings. The number of rotatable bonds is 5. The van der Waals surface area contributed by atoms with Crippen LogP contribution in [0.3, 0.4) is 0 Å². The number of aromatic nitrogens is 1. The highest BCUT2D eigenvalue weighted by Gasteiger charge is 2.22. The number of pyridine rings is 1. The van der Waals surface area contributed by atoms with Gasteiger partial charge in [-0.25, -0.2) is 0 Å². The number of hydrogen-bond acceptors (Lipinski definition) is 3. The molecular formula is C12H19N3. The number of hydrogen-bond donors (Lipinski definition) is 2. The van der Waals surface area contributed by atoms with E-state index in [9.17, 15) is 0 Å². The minimum absolute atomic E-state index is 0.262. The van der Waals surface area contributed by atoms with Crippen molar-refractivity contribution in [2.75, 3.05) is 0 Å². The topological polar surface area (TPSA) is 50.9 Å². The molecule has 1 heterocycles. The maximum Gasteiger partial charge on any atom is 0.0475 e. The smallest absolute Gasteiger partial charge is 0.0475 e. The van der Waals surface area contributed by atoms with Crippen LogP contribution >= 0.6 is 0 Å². The lowest BCUT2D eigenvalue weighted by Crippen LogP contribution is -2.28. The number of hydrazine groups is 1. The Morgan fingerprint density at radius 1 is 1.53 bits per heavy atom. The number of aryl methyl sites for hydroxylation is 1. The summed E-state index contributed by atoms with van der Waals surface area (Å²) in [6.07, 6.45) is 8.99. The Hall–Kier alpha value is -0.930. The normalized spacial score (nSPS) is 17.7. The number of nitrogens with zero attached hydrogens (tertiary/aromatic N) is 1. The van der Waals surface area contributed by atoms with Crippen molar-refractivity contribution in [3.63, 3.8) is 0 Å². The molecule has 1 unspecified atom stereocenters. The Kier molecular flexibility index (Phi) is 3.34. The van der Waals surface area contributed by atoms with Gasteiger partial charge in [-0.2, -0.15) is 0 Å². The van der Waals surface area contributed by atoms with E-state index in [0.717, 1.165) is 12.3 Å². The third-order valence-electron chi connectivity index (χ3n) is 3.06. The molecule has 2 rings (SSSR count). The van der Waals surface area contributed by atoms with Gasteiger partial charge in [0.15, 0.2) is 0 Å². The zero-order chi connectivity index (χ0) is 10.7. The van der Waals surface area contributed by atoms with Gasteiger partial charge >= 0.3 is 0 Å². The molecule has 0 bridgehead atoms. The third kappa shape index (κ3) is 3.01. The molecular weight excluding hydrogens is 186 g/mol. The number of nitrogens with one attached hydrogen (secondary N) is 1. The summed E-state index contributed by atoms with van der Waals surface area (Å²) in [5.41, 5.74) is 5.29. The predicted molar refractivity (Wildman–Crippen MR) is 61.0 cm³/mol. The second-order valence-corrected chi connectivity index (χ2v) is 4.54. The van der Waals surface area contributed by atoms with Crippen molar-refractivity contribution in [1.29, 1.82) is 0 Å². The third-order valence-corrected chi connectivity index (χ3v) is 3.06. The van der Waals surface area contributed by atoms with Gasteiger partial charge in [0.05, 0.1) is 0 Å². The van der Waals surface area contributed by atoms with Crippen LogP contribution in [0, 0.1) is 12.8 Å². The molecule has 82 valence electrons. The Morgan fingerprint density at radius 2 is 2.33 bits per heavy atom. The maximum absolute atomic E-state index is 5.58. The molecule has 0 radical (unpaired) electrons. The van der Waals surface area contributed by atoms with Crippen molar-refractivity contribution in [2.45, 2.75) is 38.6 Å². The highest BCUT2D eigenvalue weighted by atomic mass is 15.2. The van der Waals surface area contributed by atoms with E-state index >= 15 is 0 Å².